The molecule has 2 heterocycles. The molecule has 0 N–H and O–H groups in total. The average Bonchev–Trinajstić information content (AvgIpc) is 2.31. The van der Waals surface area contributed by atoms with Crippen LogP contribution in [0.3, 0.4) is 0 Å². The first-order chi connectivity index (χ1) is 8.25. The first-order valence-electron chi connectivity index (χ1n) is 6.14. The van der Waals surface area contributed by atoms with E-state index in [0.29, 0.717) is 18.1 Å². The van der Waals surface area contributed by atoms with Crippen molar-refractivity contribution in [3.8, 4) is 0 Å². The van der Waals surface area contributed by atoms with Crippen molar-refractivity contribution in [3.63, 3.8) is 0 Å². The second-order valence-electron chi connectivity index (χ2n) is 4.47. The first-order valence-corrected chi connectivity index (χ1v) is 6.52. The minimum atomic E-state index is 0.264. The Morgan fingerprint density at radius 1 is 1.24 bits per heavy atom. The molecule has 4 heteroatoms. The maximum Gasteiger partial charge on any atom is 0.222 e. The number of likely N-dealkylation sites (tertiary alicyclic amines) is 1. The van der Waals surface area contributed by atoms with E-state index >= 15 is 0 Å². The van der Waals surface area contributed by atoms with Gasteiger partial charge < -0.3 is 4.90 Å². The number of hydrogen-bond acceptors (Lipinski definition) is 2. The van der Waals surface area contributed by atoms with Crippen LogP contribution in [0.2, 0.25) is 5.15 Å². The van der Waals surface area contributed by atoms with Crippen LogP contribution in [0.4, 0.5) is 0 Å². The van der Waals surface area contributed by atoms with Crippen LogP contribution in [0.15, 0.2) is 18.3 Å². The van der Waals surface area contributed by atoms with E-state index in [1.807, 2.05) is 11.0 Å². The molecule has 92 valence electrons. The van der Waals surface area contributed by atoms with E-state index < -0.39 is 0 Å². The van der Waals surface area contributed by atoms with Crippen molar-refractivity contribution >= 4 is 17.5 Å². The molecule has 1 aliphatic rings. The van der Waals surface area contributed by atoms with Gasteiger partial charge in [-0.3, -0.25) is 4.79 Å². The van der Waals surface area contributed by atoms with Gasteiger partial charge in [0.25, 0.3) is 0 Å². The molecule has 3 nitrogen and oxygen atoms in total. The fourth-order valence-electron chi connectivity index (χ4n) is 2.10. The van der Waals surface area contributed by atoms with E-state index in [-0.39, 0.29) is 5.91 Å². The minimum Gasteiger partial charge on any atom is -0.338 e. The molecule has 1 fully saturated rings. The normalized spacial score (nSPS) is 17.7. The predicted molar refractivity (Wildman–Crippen MR) is 67.7 cm³/mol. The van der Waals surface area contributed by atoms with Crippen molar-refractivity contribution in [1.82, 2.24) is 9.88 Å². The number of carbonyl (C=O) groups excluding carboxylic acids is 1. The summed E-state index contributed by atoms with van der Waals surface area (Å²) >= 11 is 5.74. The van der Waals surface area contributed by atoms with Crippen LogP contribution in [0.5, 0.6) is 0 Å². The van der Waals surface area contributed by atoms with Gasteiger partial charge >= 0.3 is 0 Å². The Bertz CT molecular complexity index is 378. The maximum absolute atomic E-state index is 11.9. The molecule has 0 aromatic carbocycles. The molecule has 1 saturated heterocycles. The zero-order valence-electron chi connectivity index (χ0n) is 9.86. The van der Waals surface area contributed by atoms with Gasteiger partial charge in [0, 0.05) is 25.7 Å². The summed E-state index contributed by atoms with van der Waals surface area (Å²) in [5, 5.41) is 0.493. The lowest BCUT2D eigenvalue weighted by molar-refractivity contribution is -0.132. The summed E-state index contributed by atoms with van der Waals surface area (Å²) in [5.74, 6) is 0.264. The SMILES string of the molecule is O=C1CCCCCCN1Cc1ccc(Cl)nc1. The highest BCUT2D eigenvalue weighted by atomic mass is 35.5. The Kier molecular flexibility index (Phi) is 4.37. The molecule has 0 spiro atoms. The fraction of sp³-hybridized carbons (Fsp3) is 0.538. The van der Waals surface area contributed by atoms with Crippen LogP contribution in [-0.2, 0) is 11.3 Å². The van der Waals surface area contributed by atoms with Gasteiger partial charge in [0.15, 0.2) is 0 Å². The Morgan fingerprint density at radius 2 is 2.06 bits per heavy atom. The molecule has 1 aromatic rings. The summed E-state index contributed by atoms with van der Waals surface area (Å²) in [4.78, 5) is 17.9. The van der Waals surface area contributed by atoms with E-state index in [9.17, 15) is 4.79 Å². The maximum atomic E-state index is 11.9. The number of pyridine rings is 1. The third kappa shape index (κ3) is 3.70. The minimum absolute atomic E-state index is 0.264. The quantitative estimate of drug-likeness (QED) is 0.758. The second-order valence-corrected chi connectivity index (χ2v) is 4.86. The topological polar surface area (TPSA) is 33.2 Å². The number of rotatable bonds is 2. The zero-order valence-corrected chi connectivity index (χ0v) is 10.6. The van der Waals surface area contributed by atoms with Crippen LogP contribution >= 0.6 is 11.6 Å². The third-order valence-corrected chi connectivity index (χ3v) is 3.31. The summed E-state index contributed by atoms with van der Waals surface area (Å²) < 4.78 is 0. The number of aromatic nitrogens is 1. The van der Waals surface area contributed by atoms with Gasteiger partial charge in [-0.05, 0) is 24.5 Å². The Balaban J connectivity index is 1.99. The van der Waals surface area contributed by atoms with E-state index in [2.05, 4.69) is 4.98 Å². The number of nitrogens with zero attached hydrogens (tertiary/aromatic N) is 2. The molecule has 1 aliphatic heterocycles. The molecule has 1 amide bonds. The average molecular weight is 253 g/mol. The highest BCUT2D eigenvalue weighted by molar-refractivity contribution is 6.29. The highest BCUT2D eigenvalue weighted by Crippen LogP contribution is 2.15. The van der Waals surface area contributed by atoms with Crippen molar-refractivity contribution in [1.29, 1.82) is 0 Å². The van der Waals surface area contributed by atoms with E-state index in [1.165, 1.54) is 12.8 Å². The first kappa shape index (κ1) is 12.4. The van der Waals surface area contributed by atoms with Crippen molar-refractivity contribution in [2.75, 3.05) is 6.54 Å². The Hall–Kier alpha value is -1.09. The zero-order chi connectivity index (χ0) is 12.1. The molecule has 17 heavy (non-hydrogen) atoms. The van der Waals surface area contributed by atoms with Crippen LogP contribution in [0, 0.1) is 0 Å². The summed E-state index contributed by atoms with van der Waals surface area (Å²) in [7, 11) is 0. The van der Waals surface area contributed by atoms with Crippen LogP contribution in [0.1, 0.15) is 37.7 Å². The number of carbonyl (C=O) groups is 1. The standard InChI is InChI=1S/C13H17ClN2O/c14-12-7-6-11(9-15-12)10-16-8-4-2-1-3-5-13(16)17/h6-7,9H,1-5,8,10H2. The van der Waals surface area contributed by atoms with Gasteiger partial charge in [-0.25, -0.2) is 4.98 Å². The van der Waals surface area contributed by atoms with E-state index in [4.69, 9.17) is 11.6 Å². The summed E-state index contributed by atoms with van der Waals surface area (Å²) in [6, 6.07) is 3.70. The predicted octanol–water partition coefficient (Wildman–Crippen LogP) is 3.03. The van der Waals surface area contributed by atoms with Gasteiger partial charge in [0.2, 0.25) is 5.91 Å². The highest BCUT2D eigenvalue weighted by Gasteiger charge is 2.15. The number of amides is 1. The van der Waals surface area contributed by atoms with Crippen LogP contribution in [-0.4, -0.2) is 22.3 Å². The molecule has 0 saturated carbocycles. The van der Waals surface area contributed by atoms with Gasteiger partial charge in [-0.1, -0.05) is 30.5 Å². The molecule has 2 rings (SSSR count). The summed E-state index contributed by atoms with van der Waals surface area (Å²) in [6.07, 6.45) is 6.96. The van der Waals surface area contributed by atoms with Gasteiger partial charge in [0.1, 0.15) is 5.15 Å². The Labute approximate surface area is 107 Å². The summed E-state index contributed by atoms with van der Waals surface area (Å²) in [5.41, 5.74) is 1.04. The van der Waals surface area contributed by atoms with Crippen molar-refractivity contribution in [3.05, 3.63) is 29.0 Å². The Morgan fingerprint density at radius 3 is 2.82 bits per heavy atom. The fourth-order valence-corrected chi connectivity index (χ4v) is 2.21. The van der Waals surface area contributed by atoms with E-state index in [0.717, 1.165) is 24.9 Å². The van der Waals surface area contributed by atoms with Gasteiger partial charge in [-0.15, -0.1) is 0 Å². The monoisotopic (exact) mass is 252 g/mol. The lowest BCUT2D eigenvalue weighted by atomic mass is 10.1. The second kappa shape index (κ2) is 6.01. The van der Waals surface area contributed by atoms with Gasteiger partial charge in [0.05, 0.1) is 0 Å². The molecular formula is C13H17ClN2O. The molecule has 0 aliphatic carbocycles. The number of halogens is 1. The summed E-state index contributed by atoms with van der Waals surface area (Å²) in [6.45, 7) is 1.52. The molecular weight excluding hydrogens is 236 g/mol. The lowest BCUT2D eigenvalue weighted by Gasteiger charge is -2.24. The van der Waals surface area contributed by atoms with Crippen molar-refractivity contribution in [2.45, 2.75) is 38.6 Å². The van der Waals surface area contributed by atoms with Crippen molar-refractivity contribution < 1.29 is 4.79 Å². The molecule has 0 atom stereocenters. The number of hydrogen-bond donors (Lipinski definition) is 0. The van der Waals surface area contributed by atoms with E-state index in [1.54, 1.807) is 12.3 Å². The largest absolute Gasteiger partial charge is 0.338 e. The molecule has 0 radical (unpaired) electrons. The van der Waals surface area contributed by atoms with Gasteiger partial charge in [-0.2, -0.15) is 0 Å². The molecule has 1 aromatic heterocycles. The van der Waals surface area contributed by atoms with Crippen LogP contribution in [0.25, 0.3) is 0 Å². The van der Waals surface area contributed by atoms with Crippen LogP contribution < -0.4 is 0 Å². The molecule has 0 bridgehead atoms. The van der Waals surface area contributed by atoms with Crippen molar-refractivity contribution in [2.24, 2.45) is 0 Å². The molecule has 0 unspecified atom stereocenters. The smallest absolute Gasteiger partial charge is 0.222 e. The third-order valence-electron chi connectivity index (χ3n) is 3.08. The lowest BCUT2D eigenvalue weighted by Crippen LogP contribution is -2.32.